The van der Waals surface area contributed by atoms with E-state index in [1.54, 1.807) is 0 Å². The Morgan fingerprint density at radius 2 is 1.75 bits per heavy atom. The van der Waals surface area contributed by atoms with Crippen LogP contribution in [0.2, 0.25) is 0 Å². The number of benzene rings is 2. The Labute approximate surface area is 143 Å². The number of nitrogens with one attached hydrogen (secondary N) is 1. The zero-order valence-corrected chi connectivity index (χ0v) is 14.1. The zero-order valence-electron chi connectivity index (χ0n) is 14.1. The van der Waals surface area contributed by atoms with Gasteiger partial charge in [-0.2, -0.15) is 0 Å². The summed E-state index contributed by atoms with van der Waals surface area (Å²) in [5.74, 6) is 0.244. The van der Waals surface area contributed by atoms with E-state index in [4.69, 9.17) is 4.74 Å². The monoisotopic (exact) mass is 324 g/mol. The summed E-state index contributed by atoms with van der Waals surface area (Å²) in [5, 5.41) is 3.09. The topological polar surface area (TPSA) is 41.6 Å². The van der Waals surface area contributed by atoms with Crippen molar-refractivity contribution in [2.24, 2.45) is 0 Å². The Bertz CT molecular complexity index is 666. The van der Waals surface area contributed by atoms with Gasteiger partial charge in [0.2, 0.25) is 5.91 Å². The van der Waals surface area contributed by atoms with Crippen LogP contribution in [0.25, 0.3) is 0 Å². The molecule has 0 saturated carbocycles. The lowest BCUT2D eigenvalue weighted by molar-refractivity contribution is -0.116. The first-order chi connectivity index (χ1) is 11.7. The van der Waals surface area contributed by atoms with E-state index in [1.807, 2.05) is 36.4 Å². The van der Waals surface area contributed by atoms with Gasteiger partial charge in [-0.1, -0.05) is 49.4 Å². The quantitative estimate of drug-likeness (QED) is 0.912. The molecule has 4 heteroatoms. The maximum Gasteiger partial charge on any atom is 0.225 e. The third kappa shape index (κ3) is 4.15. The second-order valence-electron chi connectivity index (χ2n) is 6.18. The van der Waals surface area contributed by atoms with E-state index in [9.17, 15) is 4.79 Å². The van der Waals surface area contributed by atoms with Crippen LogP contribution in [0.3, 0.4) is 0 Å². The average Bonchev–Trinajstić information content (AvgIpc) is 2.63. The van der Waals surface area contributed by atoms with Crippen LogP contribution in [-0.2, 0) is 9.53 Å². The lowest BCUT2D eigenvalue weighted by Crippen LogP contribution is -2.36. The molecule has 0 unspecified atom stereocenters. The third-order valence-corrected chi connectivity index (χ3v) is 4.39. The molecule has 2 aromatic rings. The van der Waals surface area contributed by atoms with Crippen molar-refractivity contribution in [2.75, 3.05) is 36.5 Å². The Hall–Kier alpha value is -2.33. The van der Waals surface area contributed by atoms with Gasteiger partial charge < -0.3 is 15.0 Å². The van der Waals surface area contributed by atoms with Gasteiger partial charge in [0.15, 0.2) is 0 Å². The predicted molar refractivity (Wildman–Crippen MR) is 97.6 cm³/mol. The number of hydrogen-bond donors (Lipinski definition) is 1. The standard InChI is InChI=1S/C20H24N2O2/c1-16(17-7-3-2-4-8-17)15-20(23)21-18-9-5-6-10-19(18)22-11-13-24-14-12-22/h2-10,16H,11-15H2,1H3,(H,21,23)/t16-/m0/s1. The molecule has 1 N–H and O–H groups in total. The number of carbonyl (C=O) groups excluding carboxylic acids is 1. The summed E-state index contributed by atoms with van der Waals surface area (Å²) < 4.78 is 5.41. The minimum Gasteiger partial charge on any atom is -0.378 e. The highest BCUT2D eigenvalue weighted by Gasteiger charge is 2.17. The molecule has 1 amide bonds. The van der Waals surface area contributed by atoms with E-state index in [0.717, 1.165) is 37.7 Å². The summed E-state index contributed by atoms with van der Waals surface area (Å²) >= 11 is 0. The van der Waals surface area contributed by atoms with Crippen LogP contribution in [0.1, 0.15) is 24.8 Å². The van der Waals surface area contributed by atoms with Crippen LogP contribution in [0.4, 0.5) is 11.4 Å². The van der Waals surface area contributed by atoms with E-state index in [-0.39, 0.29) is 11.8 Å². The molecule has 0 spiro atoms. The van der Waals surface area contributed by atoms with E-state index >= 15 is 0 Å². The molecule has 1 aliphatic rings. The van der Waals surface area contributed by atoms with Gasteiger partial charge in [-0.05, 0) is 23.6 Å². The van der Waals surface area contributed by atoms with Gasteiger partial charge in [-0.3, -0.25) is 4.79 Å². The summed E-state index contributed by atoms with van der Waals surface area (Å²) in [6.45, 7) is 5.25. The fourth-order valence-corrected chi connectivity index (χ4v) is 3.04. The largest absolute Gasteiger partial charge is 0.378 e. The maximum atomic E-state index is 12.5. The van der Waals surface area contributed by atoms with Gasteiger partial charge in [-0.15, -0.1) is 0 Å². The van der Waals surface area contributed by atoms with Crippen molar-refractivity contribution in [3.63, 3.8) is 0 Å². The number of morpholine rings is 1. The molecule has 1 fully saturated rings. The van der Waals surface area contributed by atoms with Gasteiger partial charge in [-0.25, -0.2) is 0 Å². The number of carbonyl (C=O) groups is 1. The molecule has 1 heterocycles. The number of nitrogens with zero attached hydrogens (tertiary/aromatic N) is 1. The van der Waals surface area contributed by atoms with E-state index < -0.39 is 0 Å². The van der Waals surface area contributed by atoms with Gasteiger partial charge in [0.05, 0.1) is 24.6 Å². The number of amides is 1. The molecule has 0 radical (unpaired) electrons. The molecule has 1 aliphatic heterocycles. The molecule has 0 aliphatic carbocycles. The summed E-state index contributed by atoms with van der Waals surface area (Å²) in [5.41, 5.74) is 3.14. The third-order valence-electron chi connectivity index (χ3n) is 4.39. The van der Waals surface area contributed by atoms with Gasteiger partial charge in [0.1, 0.15) is 0 Å². The van der Waals surface area contributed by atoms with E-state index in [1.165, 1.54) is 5.56 Å². The molecule has 1 saturated heterocycles. The van der Waals surface area contributed by atoms with Crippen molar-refractivity contribution in [2.45, 2.75) is 19.3 Å². The van der Waals surface area contributed by atoms with Crippen LogP contribution < -0.4 is 10.2 Å². The number of rotatable bonds is 5. The summed E-state index contributed by atoms with van der Waals surface area (Å²) in [4.78, 5) is 14.7. The second kappa shape index (κ2) is 7.97. The predicted octanol–water partition coefficient (Wildman–Crippen LogP) is 3.66. The molecule has 24 heavy (non-hydrogen) atoms. The van der Waals surface area contributed by atoms with Gasteiger partial charge in [0, 0.05) is 19.5 Å². The highest BCUT2D eigenvalue weighted by atomic mass is 16.5. The van der Waals surface area contributed by atoms with Crippen molar-refractivity contribution >= 4 is 17.3 Å². The molecule has 2 aromatic carbocycles. The van der Waals surface area contributed by atoms with Crippen molar-refractivity contribution in [1.29, 1.82) is 0 Å². The second-order valence-corrected chi connectivity index (χ2v) is 6.18. The van der Waals surface area contributed by atoms with E-state index in [0.29, 0.717) is 6.42 Å². The van der Waals surface area contributed by atoms with Crippen LogP contribution in [0.15, 0.2) is 54.6 Å². The highest BCUT2D eigenvalue weighted by Crippen LogP contribution is 2.27. The molecular weight excluding hydrogens is 300 g/mol. The lowest BCUT2D eigenvalue weighted by Gasteiger charge is -2.30. The number of anilines is 2. The van der Waals surface area contributed by atoms with Crippen molar-refractivity contribution in [3.05, 3.63) is 60.2 Å². The van der Waals surface area contributed by atoms with Crippen LogP contribution in [-0.4, -0.2) is 32.2 Å². The molecule has 126 valence electrons. The lowest BCUT2D eigenvalue weighted by atomic mass is 9.97. The highest BCUT2D eigenvalue weighted by molar-refractivity contribution is 5.94. The summed E-state index contributed by atoms with van der Waals surface area (Å²) in [6, 6.07) is 18.1. The summed E-state index contributed by atoms with van der Waals surface area (Å²) in [7, 11) is 0. The minimum atomic E-state index is 0.0482. The maximum absolute atomic E-state index is 12.5. The minimum absolute atomic E-state index is 0.0482. The smallest absolute Gasteiger partial charge is 0.225 e. The van der Waals surface area contributed by atoms with Crippen LogP contribution in [0, 0.1) is 0 Å². The Morgan fingerprint density at radius 3 is 2.50 bits per heavy atom. The normalized spacial score (nSPS) is 15.8. The first-order valence-corrected chi connectivity index (χ1v) is 8.50. The average molecular weight is 324 g/mol. The van der Waals surface area contributed by atoms with E-state index in [2.05, 4.69) is 35.3 Å². The first-order valence-electron chi connectivity index (χ1n) is 8.50. The number of ether oxygens (including phenoxy) is 1. The molecule has 0 aromatic heterocycles. The van der Waals surface area contributed by atoms with Crippen molar-refractivity contribution in [3.8, 4) is 0 Å². The van der Waals surface area contributed by atoms with Gasteiger partial charge >= 0.3 is 0 Å². The number of para-hydroxylation sites is 2. The molecule has 1 atom stereocenters. The Kier molecular flexibility index (Phi) is 5.49. The Balaban J connectivity index is 1.66. The number of hydrogen-bond acceptors (Lipinski definition) is 3. The fourth-order valence-electron chi connectivity index (χ4n) is 3.04. The van der Waals surface area contributed by atoms with Crippen LogP contribution >= 0.6 is 0 Å². The molecular formula is C20H24N2O2. The zero-order chi connectivity index (χ0) is 16.8. The Morgan fingerprint density at radius 1 is 1.08 bits per heavy atom. The molecule has 4 nitrogen and oxygen atoms in total. The van der Waals surface area contributed by atoms with Crippen molar-refractivity contribution < 1.29 is 9.53 Å². The van der Waals surface area contributed by atoms with Crippen LogP contribution in [0.5, 0.6) is 0 Å². The SMILES string of the molecule is C[C@@H](CC(=O)Nc1ccccc1N1CCOCC1)c1ccccc1. The fraction of sp³-hybridized carbons (Fsp3) is 0.350. The molecule has 3 rings (SSSR count). The van der Waals surface area contributed by atoms with Crippen molar-refractivity contribution in [1.82, 2.24) is 0 Å². The molecule has 0 bridgehead atoms. The first kappa shape index (κ1) is 16.5. The summed E-state index contributed by atoms with van der Waals surface area (Å²) in [6.07, 6.45) is 0.474. The van der Waals surface area contributed by atoms with Gasteiger partial charge in [0.25, 0.3) is 0 Å².